The molecule has 1 aliphatic heterocycles. The number of hydrogen-bond donors (Lipinski definition) is 2. The maximum absolute atomic E-state index is 12.6. The van der Waals surface area contributed by atoms with E-state index in [9.17, 15) is 9.59 Å². The fourth-order valence-corrected chi connectivity index (χ4v) is 3.62. The summed E-state index contributed by atoms with van der Waals surface area (Å²) in [5.74, 6) is -1.48. The average Bonchev–Trinajstić information content (AvgIpc) is 2.67. The molecule has 0 saturated heterocycles. The molecule has 2 aromatic carbocycles. The normalized spacial score (nSPS) is 16.6. The van der Waals surface area contributed by atoms with Gasteiger partial charge in [0, 0.05) is 11.4 Å². The van der Waals surface area contributed by atoms with Crippen molar-refractivity contribution in [1.82, 2.24) is 5.32 Å². The number of nitrogens with zero attached hydrogens (tertiary/aromatic N) is 1. The minimum Gasteiger partial charge on any atom is -0.478 e. The Balaban J connectivity index is 2.11. The number of carbonyl (C=O) groups is 2. The van der Waals surface area contributed by atoms with Crippen molar-refractivity contribution < 1.29 is 19.4 Å². The van der Waals surface area contributed by atoms with Crippen LogP contribution in [0.5, 0.6) is 0 Å². The highest BCUT2D eigenvalue weighted by Gasteiger charge is 2.35. The number of nitrogens with one attached hydrogen (secondary N) is 1. The summed E-state index contributed by atoms with van der Waals surface area (Å²) in [4.78, 5) is 25.5. The van der Waals surface area contributed by atoms with Crippen LogP contribution in [0.15, 0.2) is 59.8 Å². The molecule has 1 unspecified atom stereocenters. The fourth-order valence-electron chi connectivity index (χ4n) is 3.26. The Labute approximate surface area is 168 Å². The molecule has 6 nitrogen and oxygen atoms in total. The number of carboxylic acids is 1. The van der Waals surface area contributed by atoms with Gasteiger partial charge in [-0.05, 0) is 61.5 Å². The lowest BCUT2D eigenvalue weighted by atomic mass is 9.94. The molecule has 2 aromatic rings. The van der Waals surface area contributed by atoms with Crippen LogP contribution in [0.2, 0.25) is 0 Å². The number of carboxylic acid groups (broad SMARTS) is 1. The zero-order valence-corrected chi connectivity index (χ0v) is 16.5. The third kappa shape index (κ3) is 3.61. The zero-order chi connectivity index (χ0) is 20.4. The third-order valence-corrected chi connectivity index (χ3v) is 4.94. The smallest absolute Gasteiger partial charge is 0.337 e. The number of hydrogen-bond acceptors (Lipinski definition) is 4. The zero-order valence-electron chi connectivity index (χ0n) is 15.7. The van der Waals surface area contributed by atoms with E-state index in [-0.39, 0.29) is 5.56 Å². The summed E-state index contributed by atoms with van der Waals surface area (Å²) in [6.07, 6.45) is 0. The number of anilines is 1. The Bertz CT molecular complexity index is 982. The van der Waals surface area contributed by atoms with Crippen LogP contribution < -0.4 is 10.2 Å². The van der Waals surface area contributed by atoms with Gasteiger partial charge < -0.3 is 15.2 Å². The topological polar surface area (TPSA) is 78.9 Å². The second-order valence-corrected chi connectivity index (χ2v) is 6.86. The van der Waals surface area contributed by atoms with Gasteiger partial charge in [0.15, 0.2) is 5.11 Å². The number of esters is 1. The second-order valence-electron chi connectivity index (χ2n) is 6.47. The second kappa shape index (κ2) is 7.82. The summed E-state index contributed by atoms with van der Waals surface area (Å²) in [7, 11) is 1.33. The van der Waals surface area contributed by atoms with E-state index in [1.54, 1.807) is 17.0 Å². The van der Waals surface area contributed by atoms with E-state index < -0.39 is 18.0 Å². The Morgan fingerprint density at radius 2 is 1.82 bits per heavy atom. The van der Waals surface area contributed by atoms with Crippen molar-refractivity contribution in [2.24, 2.45) is 0 Å². The number of benzene rings is 2. The number of ether oxygens (including phenoxy) is 1. The number of aryl methyl sites for hydroxylation is 1. The van der Waals surface area contributed by atoms with Crippen LogP contribution in [-0.2, 0) is 9.53 Å². The molecule has 2 N–H and O–H groups in total. The summed E-state index contributed by atoms with van der Waals surface area (Å²) < 4.78 is 5.02. The van der Waals surface area contributed by atoms with E-state index in [1.165, 1.54) is 19.2 Å². The van der Waals surface area contributed by atoms with Crippen LogP contribution in [0, 0.1) is 6.92 Å². The largest absolute Gasteiger partial charge is 0.478 e. The highest BCUT2D eigenvalue weighted by atomic mass is 32.1. The van der Waals surface area contributed by atoms with Crippen LogP contribution in [-0.4, -0.2) is 29.3 Å². The van der Waals surface area contributed by atoms with E-state index in [0.717, 1.165) is 16.8 Å². The summed E-state index contributed by atoms with van der Waals surface area (Å²) >= 11 is 5.58. The molecule has 0 bridgehead atoms. The third-order valence-electron chi connectivity index (χ3n) is 4.64. The molecule has 0 fully saturated rings. The van der Waals surface area contributed by atoms with Gasteiger partial charge >= 0.3 is 11.9 Å². The van der Waals surface area contributed by atoms with E-state index >= 15 is 0 Å². The van der Waals surface area contributed by atoms with Crippen molar-refractivity contribution in [3.8, 4) is 0 Å². The standard InChI is InChI=1S/C21H20N2O4S/c1-12-5-4-6-16(11-12)23-13(2)17(20(26)27-3)18(22-21(23)28)14-7-9-15(10-8-14)19(24)25/h4-11,18H,1-3H3,(H,22,28)(H,24,25). The van der Waals surface area contributed by atoms with Gasteiger partial charge in [-0.2, -0.15) is 0 Å². The van der Waals surface area contributed by atoms with Gasteiger partial charge in [0.1, 0.15) is 0 Å². The monoisotopic (exact) mass is 396 g/mol. The van der Waals surface area contributed by atoms with Gasteiger partial charge in [-0.25, -0.2) is 9.59 Å². The number of carbonyl (C=O) groups excluding carboxylic acids is 1. The molecule has 0 radical (unpaired) electrons. The molecule has 0 aliphatic carbocycles. The highest BCUT2D eigenvalue weighted by molar-refractivity contribution is 7.80. The number of allylic oxidation sites excluding steroid dienone is 1. The van der Waals surface area contributed by atoms with Gasteiger partial charge in [-0.15, -0.1) is 0 Å². The first kappa shape index (κ1) is 19.6. The predicted molar refractivity (Wildman–Crippen MR) is 110 cm³/mol. The van der Waals surface area contributed by atoms with Gasteiger partial charge in [-0.3, -0.25) is 4.90 Å². The molecular formula is C21H20N2O4S. The first-order valence-electron chi connectivity index (χ1n) is 8.63. The molecule has 0 spiro atoms. The van der Waals surface area contributed by atoms with Gasteiger partial charge in [0.05, 0.1) is 24.3 Å². The van der Waals surface area contributed by atoms with Crippen molar-refractivity contribution in [2.75, 3.05) is 12.0 Å². The first-order chi connectivity index (χ1) is 13.3. The number of aromatic carboxylic acids is 1. The lowest BCUT2D eigenvalue weighted by Gasteiger charge is -2.37. The fraction of sp³-hybridized carbons (Fsp3) is 0.190. The van der Waals surface area contributed by atoms with Gasteiger partial charge in [-0.1, -0.05) is 24.3 Å². The lowest BCUT2D eigenvalue weighted by Crippen LogP contribution is -2.48. The summed E-state index contributed by atoms with van der Waals surface area (Å²) in [6.45, 7) is 3.80. The van der Waals surface area contributed by atoms with Crippen molar-refractivity contribution in [3.05, 3.63) is 76.5 Å². The van der Waals surface area contributed by atoms with Gasteiger partial charge in [0.25, 0.3) is 0 Å². The van der Waals surface area contributed by atoms with Gasteiger partial charge in [0.2, 0.25) is 0 Å². The number of methoxy groups -OCH3 is 1. The Morgan fingerprint density at radius 3 is 2.39 bits per heavy atom. The highest BCUT2D eigenvalue weighted by Crippen LogP contribution is 2.34. The maximum atomic E-state index is 12.6. The lowest BCUT2D eigenvalue weighted by molar-refractivity contribution is -0.136. The summed E-state index contributed by atoms with van der Waals surface area (Å²) in [5, 5.41) is 12.7. The minimum atomic E-state index is -1.01. The molecule has 0 amide bonds. The van der Waals surface area contributed by atoms with Crippen LogP contribution in [0.3, 0.4) is 0 Å². The van der Waals surface area contributed by atoms with Crippen molar-refractivity contribution >= 4 is 35.0 Å². The van der Waals surface area contributed by atoms with Crippen LogP contribution in [0.25, 0.3) is 0 Å². The molecule has 3 rings (SSSR count). The SMILES string of the molecule is COC(=O)C1=C(C)N(c2cccc(C)c2)C(=S)NC1c1ccc(C(=O)O)cc1. The molecule has 144 valence electrons. The first-order valence-corrected chi connectivity index (χ1v) is 9.04. The quantitative estimate of drug-likeness (QED) is 0.604. The summed E-state index contributed by atoms with van der Waals surface area (Å²) in [6, 6.07) is 13.6. The van der Waals surface area contributed by atoms with Crippen molar-refractivity contribution in [1.29, 1.82) is 0 Å². The predicted octanol–water partition coefficient (Wildman–Crippen LogP) is 3.58. The van der Waals surface area contributed by atoms with E-state index in [2.05, 4.69) is 5.32 Å². The van der Waals surface area contributed by atoms with Crippen molar-refractivity contribution in [2.45, 2.75) is 19.9 Å². The molecule has 1 aliphatic rings. The molecular weight excluding hydrogens is 376 g/mol. The Hall–Kier alpha value is -3.19. The molecule has 1 heterocycles. The molecule has 0 aromatic heterocycles. The maximum Gasteiger partial charge on any atom is 0.337 e. The van der Waals surface area contributed by atoms with Crippen molar-refractivity contribution in [3.63, 3.8) is 0 Å². The summed E-state index contributed by atoms with van der Waals surface area (Å²) in [5.41, 5.74) is 3.88. The number of thiocarbonyl (C=S) groups is 1. The molecule has 0 saturated carbocycles. The minimum absolute atomic E-state index is 0.170. The molecule has 7 heteroatoms. The Morgan fingerprint density at radius 1 is 1.14 bits per heavy atom. The molecule has 1 atom stereocenters. The van der Waals surface area contributed by atoms with Crippen LogP contribution >= 0.6 is 12.2 Å². The average molecular weight is 396 g/mol. The van der Waals surface area contributed by atoms with E-state index in [4.69, 9.17) is 22.1 Å². The van der Waals surface area contributed by atoms with Crippen LogP contribution in [0.1, 0.15) is 34.5 Å². The molecule has 28 heavy (non-hydrogen) atoms. The van der Waals surface area contributed by atoms with E-state index in [0.29, 0.717) is 16.4 Å². The Kier molecular flexibility index (Phi) is 5.46. The van der Waals surface area contributed by atoms with E-state index in [1.807, 2.05) is 38.1 Å². The van der Waals surface area contributed by atoms with Crippen LogP contribution in [0.4, 0.5) is 5.69 Å². The number of rotatable bonds is 4.